The van der Waals surface area contributed by atoms with E-state index in [9.17, 15) is 18.0 Å². The fourth-order valence-corrected chi connectivity index (χ4v) is 3.02. The van der Waals surface area contributed by atoms with Crippen molar-refractivity contribution < 1.29 is 18.0 Å². The molecule has 3 aromatic rings. The van der Waals surface area contributed by atoms with E-state index in [1.807, 2.05) is 0 Å². The van der Waals surface area contributed by atoms with Crippen molar-refractivity contribution >= 4 is 27.9 Å². The lowest BCUT2D eigenvalue weighted by molar-refractivity contribution is -0.137. The molecular weight excluding hydrogens is 343 g/mol. The average molecular weight is 353 g/mol. The summed E-state index contributed by atoms with van der Waals surface area (Å²) < 4.78 is 39.7. The minimum absolute atomic E-state index is 0.0585. The van der Waals surface area contributed by atoms with Gasteiger partial charge in [0, 0.05) is 11.6 Å². The normalized spacial score (nSPS) is 15.0. The first kappa shape index (κ1) is 15.1. The van der Waals surface area contributed by atoms with E-state index in [2.05, 4.69) is 20.6 Å². The van der Waals surface area contributed by atoms with Crippen molar-refractivity contribution in [2.45, 2.75) is 24.9 Å². The van der Waals surface area contributed by atoms with Gasteiger partial charge in [-0.15, -0.1) is 15.3 Å². The number of amides is 1. The van der Waals surface area contributed by atoms with Crippen LogP contribution >= 0.6 is 11.3 Å². The Morgan fingerprint density at radius 3 is 2.79 bits per heavy atom. The highest BCUT2D eigenvalue weighted by atomic mass is 32.1. The lowest BCUT2D eigenvalue weighted by Gasteiger charge is -2.08. The van der Waals surface area contributed by atoms with Gasteiger partial charge in [0.05, 0.1) is 5.56 Å². The van der Waals surface area contributed by atoms with Crippen LogP contribution in [0.5, 0.6) is 0 Å². The first-order valence-electron chi connectivity index (χ1n) is 7.12. The van der Waals surface area contributed by atoms with Crippen LogP contribution in [0.3, 0.4) is 0 Å². The number of alkyl halides is 3. The summed E-state index contributed by atoms with van der Waals surface area (Å²) in [4.78, 5) is 12.7. The Kier molecular flexibility index (Phi) is 3.30. The monoisotopic (exact) mass is 353 g/mol. The van der Waals surface area contributed by atoms with Gasteiger partial charge in [-0.3, -0.25) is 4.79 Å². The summed E-state index contributed by atoms with van der Waals surface area (Å²) in [5, 5.41) is 14.8. The molecule has 10 heteroatoms. The maximum absolute atomic E-state index is 12.7. The zero-order valence-electron chi connectivity index (χ0n) is 12.0. The van der Waals surface area contributed by atoms with Gasteiger partial charge < -0.3 is 5.32 Å². The van der Waals surface area contributed by atoms with Crippen LogP contribution in [-0.4, -0.2) is 25.7 Å². The van der Waals surface area contributed by atoms with Gasteiger partial charge >= 0.3 is 6.18 Å². The molecule has 1 fully saturated rings. The van der Waals surface area contributed by atoms with Gasteiger partial charge in [-0.2, -0.15) is 17.7 Å². The SMILES string of the molecule is O=C(Nc1cccc(C(F)(F)F)c1)c1nn2c(C3CC3)nnc2s1. The Labute approximate surface area is 137 Å². The van der Waals surface area contributed by atoms with Crippen LogP contribution in [0, 0.1) is 0 Å². The number of nitrogens with one attached hydrogen (secondary N) is 1. The molecule has 0 spiro atoms. The zero-order valence-corrected chi connectivity index (χ0v) is 12.9. The number of fused-ring (bicyclic) bond motifs is 1. The van der Waals surface area contributed by atoms with Gasteiger partial charge in [0.15, 0.2) is 5.82 Å². The molecule has 2 heterocycles. The van der Waals surface area contributed by atoms with Crippen LogP contribution in [0.15, 0.2) is 24.3 Å². The van der Waals surface area contributed by atoms with Crippen molar-refractivity contribution in [1.82, 2.24) is 19.8 Å². The highest BCUT2D eigenvalue weighted by Gasteiger charge is 2.31. The van der Waals surface area contributed by atoms with Gasteiger partial charge in [0.1, 0.15) is 0 Å². The van der Waals surface area contributed by atoms with Gasteiger partial charge in [0.25, 0.3) is 5.91 Å². The van der Waals surface area contributed by atoms with E-state index in [-0.39, 0.29) is 10.7 Å². The molecule has 1 amide bonds. The molecule has 4 rings (SSSR count). The highest BCUT2D eigenvalue weighted by Crippen LogP contribution is 2.39. The van der Waals surface area contributed by atoms with E-state index in [0.29, 0.717) is 10.9 Å². The summed E-state index contributed by atoms with van der Waals surface area (Å²) in [6.07, 6.45) is -2.43. The molecule has 6 nitrogen and oxygen atoms in total. The lowest BCUT2D eigenvalue weighted by Crippen LogP contribution is -2.13. The van der Waals surface area contributed by atoms with Crippen molar-refractivity contribution in [2.75, 3.05) is 5.32 Å². The number of hydrogen-bond acceptors (Lipinski definition) is 5. The minimum Gasteiger partial charge on any atom is -0.320 e. The standard InChI is InChI=1S/C14H10F3N5OS/c15-14(16,17)8-2-1-3-9(6-8)18-11(23)12-21-22-10(7-4-5-7)19-20-13(22)24-12/h1-3,6-7H,4-5H2,(H,18,23). The fourth-order valence-electron chi connectivity index (χ4n) is 2.28. The van der Waals surface area contributed by atoms with Gasteiger partial charge in [-0.1, -0.05) is 17.4 Å². The number of anilines is 1. The van der Waals surface area contributed by atoms with E-state index in [0.717, 1.165) is 42.1 Å². The summed E-state index contributed by atoms with van der Waals surface area (Å²) in [6, 6.07) is 4.46. The van der Waals surface area contributed by atoms with E-state index in [4.69, 9.17) is 0 Å². The van der Waals surface area contributed by atoms with E-state index >= 15 is 0 Å². The number of hydrogen-bond donors (Lipinski definition) is 1. The number of carbonyl (C=O) groups excluding carboxylic acids is 1. The molecule has 1 aliphatic rings. The smallest absolute Gasteiger partial charge is 0.320 e. The van der Waals surface area contributed by atoms with Crippen molar-refractivity contribution in [3.05, 3.63) is 40.7 Å². The predicted molar refractivity (Wildman–Crippen MR) is 80.0 cm³/mol. The summed E-state index contributed by atoms with van der Waals surface area (Å²) in [5.74, 6) is 0.465. The van der Waals surface area contributed by atoms with Crippen LogP contribution in [0.1, 0.15) is 39.9 Å². The van der Waals surface area contributed by atoms with Crippen molar-refractivity contribution in [1.29, 1.82) is 0 Å². The molecule has 124 valence electrons. The lowest BCUT2D eigenvalue weighted by atomic mass is 10.2. The Hall–Kier alpha value is -2.49. The van der Waals surface area contributed by atoms with Crippen LogP contribution in [0.2, 0.25) is 0 Å². The summed E-state index contributed by atoms with van der Waals surface area (Å²) in [6.45, 7) is 0. The predicted octanol–water partition coefficient (Wildman–Crippen LogP) is 3.33. The van der Waals surface area contributed by atoms with Crippen LogP contribution in [-0.2, 0) is 6.18 Å². The largest absolute Gasteiger partial charge is 0.416 e. The van der Waals surface area contributed by atoms with Crippen LogP contribution in [0.25, 0.3) is 4.96 Å². The Balaban J connectivity index is 1.58. The molecular formula is C14H10F3N5OS. The Morgan fingerprint density at radius 2 is 2.08 bits per heavy atom. The van der Waals surface area contributed by atoms with Crippen molar-refractivity contribution in [3.63, 3.8) is 0 Å². The maximum Gasteiger partial charge on any atom is 0.416 e. The Morgan fingerprint density at radius 1 is 1.29 bits per heavy atom. The third-order valence-corrected chi connectivity index (χ3v) is 4.50. The molecule has 0 bridgehead atoms. The van der Waals surface area contributed by atoms with Crippen LogP contribution in [0.4, 0.5) is 18.9 Å². The first-order valence-corrected chi connectivity index (χ1v) is 7.94. The minimum atomic E-state index is -4.46. The van der Waals surface area contributed by atoms with Crippen LogP contribution < -0.4 is 5.32 Å². The molecule has 1 saturated carbocycles. The third kappa shape index (κ3) is 2.73. The highest BCUT2D eigenvalue weighted by molar-refractivity contribution is 7.18. The molecule has 0 radical (unpaired) electrons. The van der Waals surface area contributed by atoms with Crippen molar-refractivity contribution in [2.24, 2.45) is 0 Å². The number of halogens is 3. The van der Waals surface area contributed by atoms with E-state index in [1.54, 1.807) is 0 Å². The van der Waals surface area contributed by atoms with Gasteiger partial charge in [0.2, 0.25) is 9.97 Å². The third-order valence-electron chi connectivity index (χ3n) is 3.60. The number of aromatic nitrogens is 4. The molecule has 1 N–H and O–H groups in total. The molecule has 0 aliphatic heterocycles. The zero-order chi connectivity index (χ0) is 16.9. The average Bonchev–Trinajstić information content (AvgIpc) is 3.14. The number of benzene rings is 1. The van der Waals surface area contributed by atoms with Crippen molar-refractivity contribution in [3.8, 4) is 0 Å². The Bertz CT molecular complexity index is 928. The molecule has 0 atom stereocenters. The summed E-state index contributed by atoms with van der Waals surface area (Å²) in [7, 11) is 0. The maximum atomic E-state index is 12.7. The molecule has 2 aromatic heterocycles. The first-order chi connectivity index (χ1) is 11.4. The second-order valence-corrected chi connectivity index (χ2v) is 6.42. The quantitative estimate of drug-likeness (QED) is 0.784. The molecule has 0 unspecified atom stereocenters. The van der Waals surface area contributed by atoms with Gasteiger partial charge in [-0.05, 0) is 31.0 Å². The molecule has 0 saturated heterocycles. The van der Waals surface area contributed by atoms with E-state index in [1.165, 1.54) is 16.6 Å². The van der Waals surface area contributed by atoms with Gasteiger partial charge in [-0.25, -0.2) is 0 Å². The number of carbonyl (C=O) groups is 1. The topological polar surface area (TPSA) is 72.2 Å². The molecule has 24 heavy (non-hydrogen) atoms. The summed E-state index contributed by atoms with van der Waals surface area (Å²) >= 11 is 1.04. The van der Waals surface area contributed by atoms with E-state index < -0.39 is 17.6 Å². The number of nitrogens with zero attached hydrogens (tertiary/aromatic N) is 4. The summed E-state index contributed by atoms with van der Waals surface area (Å²) in [5.41, 5.74) is -0.766. The molecule has 1 aliphatic carbocycles. The molecule has 1 aromatic carbocycles. The fraction of sp³-hybridized carbons (Fsp3) is 0.286. The number of rotatable bonds is 3. The second kappa shape index (κ2) is 5.26. The second-order valence-electron chi connectivity index (χ2n) is 5.47.